The van der Waals surface area contributed by atoms with Gasteiger partial charge in [0.05, 0.1) is 0 Å². The maximum atomic E-state index is 11.4. The van der Waals surface area contributed by atoms with Crippen molar-refractivity contribution in [2.24, 2.45) is 5.41 Å². The molecule has 1 saturated carbocycles. The highest BCUT2D eigenvalue weighted by Crippen LogP contribution is 2.34. The fraction of sp³-hybridized carbons (Fsp3) is 0.923. The van der Waals surface area contributed by atoms with Gasteiger partial charge in [-0.2, -0.15) is 0 Å². The van der Waals surface area contributed by atoms with Gasteiger partial charge in [-0.05, 0) is 24.7 Å². The Labute approximate surface area is 99.6 Å². The number of carbonyl (C=O) groups is 1. The van der Waals surface area contributed by atoms with Crippen LogP contribution < -0.4 is 5.32 Å². The number of nitrogens with zero attached hydrogens (tertiary/aromatic N) is 1. The standard InChI is InChI=1S/C13H26N2O/c1-13(2)8-5-6-11(10-13)14-9-7-12(16)15(3)4/h11,14H,5-10H2,1-4H3. The summed E-state index contributed by atoms with van der Waals surface area (Å²) < 4.78 is 0. The molecule has 0 aromatic carbocycles. The summed E-state index contributed by atoms with van der Waals surface area (Å²) in [6.07, 6.45) is 5.76. The van der Waals surface area contributed by atoms with E-state index in [1.54, 1.807) is 4.90 Å². The van der Waals surface area contributed by atoms with Crippen LogP contribution in [0.5, 0.6) is 0 Å². The highest BCUT2D eigenvalue weighted by molar-refractivity contribution is 5.75. The van der Waals surface area contributed by atoms with Gasteiger partial charge in [-0.15, -0.1) is 0 Å². The molecule has 1 amide bonds. The number of hydrogen-bond acceptors (Lipinski definition) is 2. The van der Waals surface area contributed by atoms with Gasteiger partial charge in [0, 0.05) is 33.1 Å². The summed E-state index contributed by atoms with van der Waals surface area (Å²) in [7, 11) is 3.62. The van der Waals surface area contributed by atoms with Crippen LogP contribution in [0.1, 0.15) is 46.0 Å². The Morgan fingerprint density at radius 2 is 2.12 bits per heavy atom. The fourth-order valence-electron chi connectivity index (χ4n) is 2.48. The summed E-state index contributed by atoms with van der Waals surface area (Å²) in [5.41, 5.74) is 0.474. The Kier molecular flexibility index (Phi) is 4.78. The molecule has 1 N–H and O–H groups in total. The third-order valence-electron chi connectivity index (χ3n) is 3.48. The van der Waals surface area contributed by atoms with E-state index in [0.717, 1.165) is 6.54 Å². The molecule has 0 bridgehead atoms. The molecule has 94 valence electrons. The van der Waals surface area contributed by atoms with Crippen molar-refractivity contribution in [2.45, 2.75) is 52.0 Å². The highest BCUT2D eigenvalue weighted by Gasteiger charge is 2.27. The topological polar surface area (TPSA) is 32.3 Å². The van der Waals surface area contributed by atoms with Crippen molar-refractivity contribution >= 4 is 5.91 Å². The zero-order valence-corrected chi connectivity index (χ0v) is 11.2. The molecule has 0 spiro atoms. The Bertz CT molecular complexity index is 236. The maximum Gasteiger partial charge on any atom is 0.223 e. The van der Waals surface area contributed by atoms with Crippen LogP contribution in [-0.2, 0) is 4.79 Å². The summed E-state index contributed by atoms with van der Waals surface area (Å²) in [6, 6.07) is 0.610. The number of carbonyl (C=O) groups excluding carboxylic acids is 1. The van der Waals surface area contributed by atoms with Gasteiger partial charge >= 0.3 is 0 Å². The molecule has 0 aromatic rings. The van der Waals surface area contributed by atoms with Crippen LogP contribution in [0.2, 0.25) is 0 Å². The van der Waals surface area contributed by atoms with Crippen molar-refractivity contribution in [1.29, 1.82) is 0 Å². The predicted molar refractivity (Wildman–Crippen MR) is 67.4 cm³/mol. The SMILES string of the molecule is CN(C)C(=O)CCNC1CCCC(C)(C)C1. The molecule has 0 aliphatic heterocycles. The van der Waals surface area contributed by atoms with Gasteiger partial charge in [0.25, 0.3) is 0 Å². The van der Waals surface area contributed by atoms with Crippen LogP contribution in [0.15, 0.2) is 0 Å². The van der Waals surface area contributed by atoms with E-state index in [2.05, 4.69) is 19.2 Å². The molecular formula is C13H26N2O. The largest absolute Gasteiger partial charge is 0.349 e. The van der Waals surface area contributed by atoms with Gasteiger partial charge in [-0.25, -0.2) is 0 Å². The fourth-order valence-corrected chi connectivity index (χ4v) is 2.48. The summed E-state index contributed by atoms with van der Waals surface area (Å²) in [5.74, 6) is 0.211. The first-order chi connectivity index (χ1) is 7.41. The van der Waals surface area contributed by atoms with Crippen molar-refractivity contribution in [3.8, 4) is 0 Å². The van der Waals surface area contributed by atoms with E-state index in [9.17, 15) is 4.79 Å². The molecule has 3 nitrogen and oxygen atoms in total. The Hall–Kier alpha value is -0.570. The molecule has 3 heteroatoms. The van der Waals surface area contributed by atoms with Crippen LogP contribution in [0, 0.1) is 5.41 Å². The van der Waals surface area contributed by atoms with Crippen molar-refractivity contribution in [2.75, 3.05) is 20.6 Å². The monoisotopic (exact) mass is 226 g/mol. The summed E-state index contributed by atoms with van der Waals surface area (Å²) in [6.45, 7) is 5.50. The third kappa shape index (κ3) is 4.52. The summed E-state index contributed by atoms with van der Waals surface area (Å²) >= 11 is 0. The molecule has 1 unspecified atom stereocenters. The zero-order valence-electron chi connectivity index (χ0n) is 11.2. The molecule has 0 saturated heterocycles. The van der Waals surface area contributed by atoms with Gasteiger partial charge in [0.1, 0.15) is 0 Å². The Morgan fingerprint density at radius 1 is 1.44 bits per heavy atom. The van der Waals surface area contributed by atoms with Crippen LogP contribution >= 0.6 is 0 Å². The molecule has 0 heterocycles. The first-order valence-electron chi connectivity index (χ1n) is 6.34. The van der Waals surface area contributed by atoms with E-state index in [1.165, 1.54) is 25.7 Å². The van der Waals surface area contributed by atoms with Crippen LogP contribution in [-0.4, -0.2) is 37.5 Å². The van der Waals surface area contributed by atoms with Crippen molar-refractivity contribution < 1.29 is 4.79 Å². The van der Waals surface area contributed by atoms with E-state index in [1.807, 2.05) is 14.1 Å². The van der Waals surface area contributed by atoms with Crippen LogP contribution in [0.4, 0.5) is 0 Å². The molecule has 0 radical (unpaired) electrons. The Morgan fingerprint density at radius 3 is 2.69 bits per heavy atom. The number of nitrogens with one attached hydrogen (secondary N) is 1. The van der Waals surface area contributed by atoms with Crippen molar-refractivity contribution in [3.63, 3.8) is 0 Å². The lowest BCUT2D eigenvalue weighted by atomic mass is 9.75. The smallest absolute Gasteiger partial charge is 0.223 e. The van der Waals surface area contributed by atoms with E-state index >= 15 is 0 Å². The first kappa shape index (κ1) is 13.5. The minimum atomic E-state index is 0.211. The lowest BCUT2D eigenvalue weighted by Crippen LogP contribution is -2.39. The lowest BCUT2D eigenvalue weighted by Gasteiger charge is -2.35. The van der Waals surface area contributed by atoms with Crippen LogP contribution in [0.3, 0.4) is 0 Å². The number of hydrogen-bond donors (Lipinski definition) is 1. The van der Waals surface area contributed by atoms with Crippen molar-refractivity contribution in [3.05, 3.63) is 0 Å². The second-order valence-corrected chi connectivity index (χ2v) is 5.95. The van der Waals surface area contributed by atoms with Crippen LogP contribution in [0.25, 0.3) is 0 Å². The maximum absolute atomic E-state index is 11.4. The first-order valence-corrected chi connectivity index (χ1v) is 6.34. The second kappa shape index (κ2) is 5.67. The molecule has 1 atom stereocenters. The van der Waals surface area contributed by atoms with Crippen molar-refractivity contribution in [1.82, 2.24) is 10.2 Å². The minimum Gasteiger partial charge on any atom is -0.349 e. The van der Waals surface area contributed by atoms with Gasteiger partial charge in [-0.1, -0.05) is 20.3 Å². The molecule has 16 heavy (non-hydrogen) atoms. The molecular weight excluding hydrogens is 200 g/mol. The van der Waals surface area contributed by atoms with E-state index in [-0.39, 0.29) is 5.91 Å². The lowest BCUT2D eigenvalue weighted by molar-refractivity contribution is -0.128. The highest BCUT2D eigenvalue weighted by atomic mass is 16.2. The average molecular weight is 226 g/mol. The minimum absolute atomic E-state index is 0.211. The number of amides is 1. The van der Waals surface area contributed by atoms with E-state index < -0.39 is 0 Å². The predicted octanol–water partition coefficient (Wildman–Crippen LogP) is 2.02. The average Bonchev–Trinajstić information content (AvgIpc) is 2.15. The third-order valence-corrected chi connectivity index (χ3v) is 3.48. The van der Waals surface area contributed by atoms with Gasteiger partial charge in [0.15, 0.2) is 0 Å². The Balaban J connectivity index is 2.20. The van der Waals surface area contributed by atoms with E-state index in [0.29, 0.717) is 17.9 Å². The normalized spacial score (nSPS) is 24.1. The zero-order chi connectivity index (χ0) is 12.2. The van der Waals surface area contributed by atoms with E-state index in [4.69, 9.17) is 0 Å². The second-order valence-electron chi connectivity index (χ2n) is 5.95. The number of rotatable bonds is 4. The molecule has 1 rings (SSSR count). The molecule has 1 fully saturated rings. The molecule has 0 aromatic heterocycles. The quantitative estimate of drug-likeness (QED) is 0.795. The van der Waals surface area contributed by atoms with Gasteiger partial charge in [0.2, 0.25) is 5.91 Å². The van der Waals surface area contributed by atoms with Gasteiger partial charge in [-0.3, -0.25) is 4.79 Å². The molecule has 1 aliphatic rings. The summed E-state index contributed by atoms with van der Waals surface area (Å²) in [4.78, 5) is 13.1. The summed E-state index contributed by atoms with van der Waals surface area (Å²) in [5, 5.41) is 3.52. The van der Waals surface area contributed by atoms with Gasteiger partial charge < -0.3 is 10.2 Å². The molecule has 1 aliphatic carbocycles.